The predicted molar refractivity (Wildman–Crippen MR) is 122 cm³/mol. The molecule has 0 saturated carbocycles. The third-order valence-electron chi connectivity index (χ3n) is 4.88. The number of aryl methyl sites for hydroxylation is 2. The first-order chi connectivity index (χ1) is 14.5. The van der Waals surface area contributed by atoms with Gasteiger partial charge in [0.05, 0.1) is 23.0 Å². The van der Waals surface area contributed by atoms with Gasteiger partial charge in [-0.15, -0.1) is 23.1 Å². The van der Waals surface area contributed by atoms with Crippen molar-refractivity contribution in [2.24, 2.45) is 0 Å². The quantitative estimate of drug-likeness (QED) is 0.553. The largest absolute Gasteiger partial charge is 0.491 e. The molecule has 0 saturated heterocycles. The van der Waals surface area contributed by atoms with Crippen molar-refractivity contribution in [2.45, 2.75) is 51.5 Å². The highest BCUT2D eigenvalue weighted by atomic mass is 32.2. The maximum atomic E-state index is 12.5. The first-order valence-corrected chi connectivity index (χ1v) is 12.1. The summed E-state index contributed by atoms with van der Waals surface area (Å²) in [6.45, 7) is 4.45. The van der Waals surface area contributed by atoms with E-state index in [1.165, 1.54) is 22.2 Å². The van der Waals surface area contributed by atoms with Crippen LogP contribution in [0.5, 0.6) is 5.75 Å². The number of nitrogens with zero attached hydrogens (tertiary/aromatic N) is 1. The number of benzene rings is 1. The van der Waals surface area contributed by atoms with Crippen LogP contribution in [0.1, 0.15) is 42.1 Å². The number of amides is 1. The van der Waals surface area contributed by atoms with Crippen molar-refractivity contribution in [3.8, 4) is 5.75 Å². The van der Waals surface area contributed by atoms with E-state index >= 15 is 0 Å². The predicted octanol–water partition coefficient (Wildman–Crippen LogP) is 3.81. The third kappa shape index (κ3) is 4.87. The molecule has 1 aromatic carbocycles. The SMILES string of the molecule is CC(C)Oc1ccc(CNC(=O)CSCc2nc3sc4c(c3c(=O)[nH]2)CCC4)cc1. The molecule has 0 radical (unpaired) electrons. The zero-order valence-electron chi connectivity index (χ0n) is 17.1. The van der Waals surface area contributed by atoms with E-state index in [4.69, 9.17) is 4.74 Å². The second-order valence-corrected chi connectivity index (χ2v) is 9.70. The first-order valence-electron chi connectivity index (χ1n) is 10.1. The molecule has 0 fully saturated rings. The second kappa shape index (κ2) is 9.22. The number of hydrogen-bond donors (Lipinski definition) is 2. The smallest absolute Gasteiger partial charge is 0.259 e. The van der Waals surface area contributed by atoms with Crippen molar-refractivity contribution in [3.05, 3.63) is 56.4 Å². The lowest BCUT2D eigenvalue weighted by molar-refractivity contribution is -0.118. The standard InChI is InChI=1S/C22H25N3O3S2/c1-13(2)28-15-8-6-14(7-9-15)10-23-19(26)12-29-11-18-24-21(27)20-16-4-3-5-17(16)30-22(20)25-18/h6-9,13H,3-5,10-12H2,1-2H3,(H,23,26)(H,24,25,27). The number of rotatable bonds is 8. The zero-order chi connectivity index (χ0) is 21.1. The van der Waals surface area contributed by atoms with Gasteiger partial charge in [-0.25, -0.2) is 4.98 Å². The van der Waals surface area contributed by atoms with Gasteiger partial charge in [-0.2, -0.15) is 0 Å². The molecule has 1 amide bonds. The molecule has 2 N–H and O–H groups in total. The number of ether oxygens (including phenoxy) is 1. The van der Waals surface area contributed by atoms with Gasteiger partial charge in [-0.3, -0.25) is 9.59 Å². The lowest BCUT2D eigenvalue weighted by Crippen LogP contribution is -2.24. The number of hydrogen-bond acceptors (Lipinski definition) is 6. The molecule has 3 aromatic rings. The lowest BCUT2D eigenvalue weighted by Gasteiger charge is -2.10. The van der Waals surface area contributed by atoms with Crippen LogP contribution >= 0.6 is 23.1 Å². The van der Waals surface area contributed by atoms with Gasteiger partial charge >= 0.3 is 0 Å². The van der Waals surface area contributed by atoms with E-state index in [1.54, 1.807) is 11.3 Å². The molecule has 0 atom stereocenters. The number of aromatic nitrogens is 2. The van der Waals surface area contributed by atoms with Gasteiger partial charge in [-0.1, -0.05) is 12.1 Å². The Morgan fingerprint density at radius 3 is 2.87 bits per heavy atom. The number of carbonyl (C=O) groups is 1. The van der Waals surface area contributed by atoms with Gasteiger partial charge in [0, 0.05) is 11.4 Å². The molecule has 30 heavy (non-hydrogen) atoms. The first kappa shape index (κ1) is 20.9. The molecule has 2 aromatic heterocycles. The average molecular weight is 444 g/mol. The number of nitrogens with one attached hydrogen (secondary N) is 2. The zero-order valence-corrected chi connectivity index (χ0v) is 18.8. The van der Waals surface area contributed by atoms with Crippen LogP contribution in [0, 0.1) is 0 Å². The highest BCUT2D eigenvalue weighted by Gasteiger charge is 2.21. The van der Waals surface area contributed by atoms with Crippen LogP contribution in [0.25, 0.3) is 10.2 Å². The molecular formula is C22H25N3O3S2. The molecular weight excluding hydrogens is 418 g/mol. The van der Waals surface area contributed by atoms with E-state index in [0.29, 0.717) is 23.9 Å². The second-order valence-electron chi connectivity index (χ2n) is 7.63. The molecule has 2 heterocycles. The van der Waals surface area contributed by atoms with Gasteiger partial charge in [0.25, 0.3) is 5.56 Å². The maximum absolute atomic E-state index is 12.5. The highest BCUT2D eigenvalue weighted by molar-refractivity contribution is 7.99. The van der Waals surface area contributed by atoms with Crippen molar-refractivity contribution in [3.63, 3.8) is 0 Å². The number of fused-ring (bicyclic) bond motifs is 3. The molecule has 0 aliphatic heterocycles. The molecule has 158 valence electrons. The summed E-state index contributed by atoms with van der Waals surface area (Å²) < 4.78 is 5.62. The van der Waals surface area contributed by atoms with Gasteiger partial charge in [-0.05, 0) is 56.4 Å². The van der Waals surface area contributed by atoms with Crippen LogP contribution in [0.3, 0.4) is 0 Å². The Morgan fingerprint density at radius 1 is 1.30 bits per heavy atom. The van der Waals surface area contributed by atoms with Gasteiger partial charge < -0.3 is 15.0 Å². The average Bonchev–Trinajstić information content (AvgIpc) is 3.28. The molecule has 1 aliphatic rings. The molecule has 6 nitrogen and oxygen atoms in total. The summed E-state index contributed by atoms with van der Waals surface area (Å²) in [5.41, 5.74) is 2.15. The molecule has 1 aliphatic carbocycles. The van der Waals surface area contributed by atoms with Gasteiger partial charge in [0.15, 0.2) is 0 Å². The van der Waals surface area contributed by atoms with E-state index in [1.807, 2.05) is 38.1 Å². The number of thioether (sulfide) groups is 1. The van der Waals surface area contributed by atoms with E-state index in [-0.39, 0.29) is 17.6 Å². The number of carbonyl (C=O) groups excluding carboxylic acids is 1. The molecule has 0 unspecified atom stereocenters. The summed E-state index contributed by atoms with van der Waals surface area (Å²) >= 11 is 3.08. The summed E-state index contributed by atoms with van der Waals surface area (Å²) in [7, 11) is 0. The highest BCUT2D eigenvalue weighted by Crippen LogP contribution is 2.34. The summed E-state index contributed by atoms with van der Waals surface area (Å²) in [6.07, 6.45) is 3.28. The van der Waals surface area contributed by atoms with Crippen LogP contribution in [0.2, 0.25) is 0 Å². The van der Waals surface area contributed by atoms with Crippen LogP contribution in [-0.4, -0.2) is 27.7 Å². The summed E-state index contributed by atoms with van der Waals surface area (Å²) in [5, 5.41) is 3.69. The Balaban J connectivity index is 1.26. The van der Waals surface area contributed by atoms with Gasteiger partial charge in [0.2, 0.25) is 5.91 Å². The molecule has 0 spiro atoms. The monoisotopic (exact) mass is 443 g/mol. The van der Waals surface area contributed by atoms with E-state index in [0.717, 1.165) is 40.8 Å². The fraction of sp³-hybridized carbons (Fsp3) is 0.409. The van der Waals surface area contributed by atoms with Crippen molar-refractivity contribution < 1.29 is 9.53 Å². The topological polar surface area (TPSA) is 84.1 Å². The van der Waals surface area contributed by atoms with Crippen molar-refractivity contribution in [2.75, 3.05) is 5.75 Å². The summed E-state index contributed by atoms with van der Waals surface area (Å²) in [5.74, 6) is 2.23. The lowest BCUT2D eigenvalue weighted by atomic mass is 10.2. The van der Waals surface area contributed by atoms with Crippen molar-refractivity contribution in [1.82, 2.24) is 15.3 Å². The van der Waals surface area contributed by atoms with Crippen LogP contribution in [-0.2, 0) is 29.9 Å². The van der Waals surface area contributed by atoms with E-state index in [9.17, 15) is 9.59 Å². The molecule has 0 bridgehead atoms. The number of aromatic amines is 1. The Morgan fingerprint density at radius 2 is 2.10 bits per heavy atom. The normalized spacial score (nSPS) is 13.0. The molecule has 4 rings (SSSR count). The van der Waals surface area contributed by atoms with Crippen molar-refractivity contribution >= 4 is 39.2 Å². The van der Waals surface area contributed by atoms with E-state index in [2.05, 4.69) is 15.3 Å². The summed E-state index contributed by atoms with van der Waals surface area (Å²) in [4.78, 5) is 34.3. The van der Waals surface area contributed by atoms with E-state index < -0.39 is 0 Å². The van der Waals surface area contributed by atoms with Gasteiger partial charge in [0.1, 0.15) is 16.4 Å². The van der Waals surface area contributed by atoms with Crippen LogP contribution < -0.4 is 15.6 Å². The fourth-order valence-electron chi connectivity index (χ4n) is 3.57. The minimum atomic E-state index is -0.0515. The minimum absolute atomic E-state index is 0.0407. The summed E-state index contributed by atoms with van der Waals surface area (Å²) in [6, 6.07) is 7.73. The minimum Gasteiger partial charge on any atom is -0.491 e. The Bertz CT molecular complexity index is 1100. The Labute approximate surface area is 183 Å². The Kier molecular flexibility index (Phi) is 6.43. The van der Waals surface area contributed by atoms with Crippen molar-refractivity contribution in [1.29, 1.82) is 0 Å². The number of thiophene rings is 1. The Hall–Kier alpha value is -2.32. The third-order valence-corrected chi connectivity index (χ3v) is 7.01. The molecule has 8 heteroatoms. The van der Waals surface area contributed by atoms with Crippen LogP contribution in [0.15, 0.2) is 29.1 Å². The maximum Gasteiger partial charge on any atom is 0.259 e. The fourth-order valence-corrected chi connectivity index (χ4v) is 5.57. The number of H-pyrrole nitrogens is 1. The van der Waals surface area contributed by atoms with Crippen LogP contribution in [0.4, 0.5) is 0 Å².